The monoisotopic (exact) mass is 259 g/mol. The standard InChI is InChI=1S/C10H7Cl2NO3/c1-15-9-5(11)2-4-3-6(13)10(14)16-8(4)7(9)12/h2-3H,13H2,1H3. The van der Waals surface area contributed by atoms with Crippen molar-refractivity contribution in [2.24, 2.45) is 0 Å². The fraction of sp³-hybridized carbons (Fsp3) is 0.100. The zero-order valence-electron chi connectivity index (χ0n) is 8.21. The van der Waals surface area contributed by atoms with Gasteiger partial charge in [0.1, 0.15) is 10.7 Å². The zero-order chi connectivity index (χ0) is 11.9. The van der Waals surface area contributed by atoms with E-state index in [2.05, 4.69) is 0 Å². The molecule has 0 bridgehead atoms. The maximum Gasteiger partial charge on any atom is 0.359 e. The van der Waals surface area contributed by atoms with Crippen molar-refractivity contribution in [3.8, 4) is 5.75 Å². The van der Waals surface area contributed by atoms with Gasteiger partial charge in [0.25, 0.3) is 0 Å². The first-order chi connectivity index (χ1) is 7.54. The summed E-state index contributed by atoms with van der Waals surface area (Å²) in [5.74, 6) is 0.267. The molecule has 0 spiro atoms. The number of anilines is 1. The van der Waals surface area contributed by atoms with Crippen LogP contribution in [0.4, 0.5) is 5.69 Å². The predicted octanol–water partition coefficient (Wildman–Crippen LogP) is 2.69. The quantitative estimate of drug-likeness (QED) is 0.800. The normalized spacial score (nSPS) is 10.7. The minimum atomic E-state index is -0.640. The van der Waals surface area contributed by atoms with Crippen LogP contribution in [-0.2, 0) is 0 Å². The summed E-state index contributed by atoms with van der Waals surface area (Å²) in [6.07, 6.45) is 0. The summed E-state index contributed by atoms with van der Waals surface area (Å²) in [7, 11) is 1.42. The molecule has 0 saturated carbocycles. The van der Waals surface area contributed by atoms with Crippen molar-refractivity contribution >= 4 is 39.9 Å². The van der Waals surface area contributed by atoms with Gasteiger partial charge in [0.05, 0.1) is 12.1 Å². The molecule has 1 heterocycles. The third kappa shape index (κ3) is 1.60. The van der Waals surface area contributed by atoms with Crippen LogP contribution < -0.4 is 16.1 Å². The van der Waals surface area contributed by atoms with E-state index in [1.54, 1.807) is 6.07 Å². The van der Waals surface area contributed by atoms with Gasteiger partial charge in [0, 0.05) is 5.39 Å². The van der Waals surface area contributed by atoms with Crippen LogP contribution in [0.15, 0.2) is 21.3 Å². The van der Waals surface area contributed by atoms with Crippen molar-refractivity contribution in [2.75, 3.05) is 12.8 Å². The van der Waals surface area contributed by atoms with E-state index < -0.39 is 5.63 Å². The molecule has 2 N–H and O–H groups in total. The Bertz CT molecular complexity index is 621. The average Bonchev–Trinajstić information content (AvgIpc) is 2.22. The Morgan fingerprint density at radius 3 is 2.69 bits per heavy atom. The molecule has 0 radical (unpaired) electrons. The van der Waals surface area contributed by atoms with Gasteiger partial charge in [-0.3, -0.25) is 0 Å². The van der Waals surface area contributed by atoms with Crippen molar-refractivity contribution < 1.29 is 9.15 Å². The van der Waals surface area contributed by atoms with Gasteiger partial charge in [-0.15, -0.1) is 0 Å². The third-order valence-corrected chi connectivity index (χ3v) is 2.73. The first-order valence-electron chi connectivity index (χ1n) is 4.30. The number of ether oxygens (including phenoxy) is 1. The number of methoxy groups -OCH3 is 1. The lowest BCUT2D eigenvalue weighted by molar-refractivity contribution is 0.414. The van der Waals surface area contributed by atoms with E-state index in [0.717, 1.165) is 0 Å². The highest BCUT2D eigenvalue weighted by Crippen LogP contribution is 2.38. The summed E-state index contributed by atoms with van der Waals surface area (Å²) in [5, 5.41) is 1.03. The number of hydrogen-bond acceptors (Lipinski definition) is 4. The Kier molecular flexibility index (Phi) is 2.69. The predicted molar refractivity (Wildman–Crippen MR) is 63.5 cm³/mol. The molecule has 0 amide bonds. The number of nitrogen functional groups attached to an aromatic ring is 1. The number of rotatable bonds is 1. The SMILES string of the molecule is COc1c(Cl)cc2cc(N)c(=O)oc2c1Cl. The maximum absolute atomic E-state index is 11.2. The van der Waals surface area contributed by atoms with Crippen molar-refractivity contribution in [3.63, 3.8) is 0 Å². The average molecular weight is 260 g/mol. The lowest BCUT2D eigenvalue weighted by atomic mass is 10.2. The number of nitrogens with two attached hydrogens (primary N) is 1. The molecule has 0 atom stereocenters. The summed E-state index contributed by atoms with van der Waals surface area (Å²) < 4.78 is 9.97. The fourth-order valence-corrected chi connectivity index (χ4v) is 2.04. The molecule has 1 aromatic carbocycles. The van der Waals surface area contributed by atoms with Crippen LogP contribution in [-0.4, -0.2) is 7.11 Å². The summed E-state index contributed by atoms with van der Waals surface area (Å²) in [6.45, 7) is 0. The summed E-state index contributed by atoms with van der Waals surface area (Å²) in [5.41, 5.74) is 5.01. The molecule has 0 unspecified atom stereocenters. The first-order valence-corrected chi connectivity index (χ1v) is 5.05. The molecular weight excluding hydrogens is 253 g/mol. The minimum Gasteiger partial charge on any atom is -0.493 e. The Morgan fingerprint density at radius 2 is 2.06 bits per heavy atom. The van der Waals surface area contributed by atoms with Crippen LogP contribution >= 0.6 is 23.2 Å². The van der Waals surface area contributed by atoms with E-state index in [1.807, 2.05) is 0 Å². The smallest absolute Gasteiger partial charge is 0.359 e. The van der Waals surface area contributed by atoms with Crippen molar-refractivity contribution in [1.82, 2.24) is 0 Å². The molecule has 0 aliphatic rings. The highest BCUT2D eigenvalue weighted by atomic mass is 35.5. The topological polar surface area (TPSA) is 65.5 Å². The summed E-state index contributed by atoms with van der Waals surface area (Å²) in [4.78, 5) is 11.2. The van der Waals surface area contributed by atoms with Gasteiger partial charge in [0.15, 0.2) is 11.3 Å². The zero-order valence-corrected chi connectivity index (χ0v) is 9.72. The van der Waals surface area contributed by atoms with Gasteiger partial charge in [-0.1, -0.05) is 23.2 Å². The van der Waals surface area contributed by atoms with Gasteiger partial charge < -0.3 is 14.9 Å². The number of hydrogen-bond donors (Lipinski definition) is 1. The molecule has 0 saturated heterocycles. The van der Waals surface area contributed by atoms with Gasteiger partial charge in [0.2, 0.25) is 0 Å². The maximum atomic E-state index is 11.2. The molecule has 84 valence electrons. The van der Waals surface area contributed by atoms with Gasteiger partial charge in [-0.2, -0.15) is 0 Å². The van der Waals surface area contributed by atoms with Crippen LogP contribution in [0.2, 0.25) is 10.0 Å². The molecule has 0 aliphatic carbocycles. The van der Waals surface area contributed by atoms with E-state index in [1.165, 1.54) is 13.2 Å². The van der Waals surface area contributed by atoms with Gasteiger partial charge >= 0.3 is 5.63 Å². The van der Waals surface area contributed by atoms with E-state index in [0.29, 0.717) is 10.4 Å². The lowest BCUT2D eigenvalue weighted by Crippen LogP contribution is -2.05. The molecule has 2 rings (SSSR count). The van der Waals surface area contributed by atoms with Gasteiger partial charge in [-0.25, -0.2) is 4.79 Å². The second kappa shape index (κ2) is 3.88. The Hall–Kier alpha value is -1.39. The van der Waals surface area contributed by atoms with E-state index >= 15 is 0 Å². The Balaban J connectivity index is 2.93. The van der Waals surface area contributed by atoms with E-state index in [-0.39, 0.29) is 22.0 Å². The second-order valence-electron chi connectivity index (χ2n) is 3.11. The largest absolute Gasteiger partial charge is 0.493 e. The molecule has 1 aromatic heterocycles. The van der Waals surface area contributed by atoms with Crippen LogP contribution in [0.1, 0.15) is 0 Å². The third-order valence-electron chi connectivity index (χ3n) is 2.11. The van der Waals surface area contributed by atoms with Crippen molar-refractivity contribution in [1.29, 1.82) is 0 Å². The van der Waals surface area contributed by atoms with E-state index in [9.17, 15) is 4.79 Å². The van der Waals surface area contributed by atoms with Crippen molar-refractivity contribution in [3.05, 3.63) is 32.6 Å². The van der Waals surface area contributed by atoms with Crippen LogP contribution in [0.3, 0.4) is 0 Å². The number of benzene rings is 1. The van der Waals surface area contributed by atoms with Gasteiger partial charge in [-0.05, 0) is 12.1 Å². The Morgan fingerprint density at radius 1 is 1.38 bits per heavy atom. The highest BCUT2D eigenvalue weighted by Gasteiger charge is 2.14. The first kappa shape index (κ1) is 11.1. The summed E-state index contributed by atoms with van der Waals surface area (Å²) >= 11 is 11.9. The minimum absolute atomic E-state index is 0.00444. The second-order valence-corrected chi connectivity index (χ2v) is 3.90. The van der Waals surface area contributed by atoms with Crippen LogP contribution in [0.25, 0.3) is 11.0 Å². The molecule has 4 nitrogen and oxygen atoms in total. The summed E-state index contributed by atoms with van der Waals surface area (Å²) in [6, 6.07) is 3.03. The van der Waals surface area contributed by atoms with Crippen LogP contribution in [0, 0.1) is 0 Å². The highest BCUT2D eigenvalue weighted by molar-refractivity contribution is 6.40. The van der Waals surface area contributed by atoms with E-state index in [4.69, 9.17) is 38.1 Å². The lowest BCUT2D eigenvalue weighted by Gasteiger charge is -2.07. The molecule has 16 heavy (non-hydrogen) atoms. The molecular formula is C10H7Cl2NO3. The molecule has 6 heteroatoms. The number of fused-ring (bicyclic) bond motifs is 1. The molecule has 2 aromatic rings. The van der Waals surface area contributed by atoms with Crippen molar-refractivity contribution in [2.45, 2.75) is 0 Å². The number of halogens is 2. The molecule has 0 aliphatic heterocycles. The van der Waals surface area contributed by atoms with Crippen LogP contribution in [0.5, 0.6) is 5.75 Å². The fourth-order valence-electron chi connectivity index (χ4n) is 1.38. The molecule has 0 fully saturated rings. The Labute approximate surface area is 101 Å².